The second kappa shape index (κ2) is 12.3. The summed E-state index contributed by atoms with van der Waals surface area (Å²) in [5, 5.41) is 23.4. The Morgan fingerprint density at radius 2 is 1.83 bits per heavy atom. The van der Waals surface area contributed by atoms with Gasteiger partial charge in [-0.15, -0.1) is 0 Å². The van der Waals surface area contributed by atoms with Gasteiger partial charge in [-0.25, -0.2) is 0 Å². The number of aliphatic hydroxyl groups excluding tert-OH is 1. The van der Waals surface area contributed by atoms with E-state index < -0.39 is 43.3 Å². The molecule has 0 aromatic carbocycles. The molecule has 0 spiro atoms. The molecule has 0 radical (unpaired) electrons. The van der Waals surface area contributed by atoms with Crippen molar-refractivity contribution < 1.29 is 34.1 Å². The summed E-state index contributed by atoms with van der Waals surface area (Å²) in [5.74, 6) is -2.10. The molecule has 1 fully saturated rings. The molecule has 0 saturated heterocycles. The maximum absolute atomic E-state index is 12.3. The summed E-state index contributed by atoms with van der Waals surface area (Å²) < 4.78 is 12.3. The SMILES string of the molecule is C[C@H](NC(=O)[C@H](N)CCC(=O)NC[C@@H](O)CP(=O)(O)CC1CCCCC1)C(=O)O. The van der Waals surface area contributed by atoms with E-state index in [1.165, 1.54) is 6.92 Å². The van der Waals surface area contributed by atoms with Gasteiger partial charge in [0, 0.05) is 19.1 Å². The number of carbonyl (C=O) groups excluding carboxylic acids is 2. The minimum absolute atomic E-state index is 0.000272. The van der Waals surface area contributed by atoms with E-state index >= 15 is 0 Å². The molecule has 0 heterocycles. The van der Waals surface area contributed by atoms with Crippen molar-refractivity contribution in [2.45, 2.75) is 70.1 Å². The molecule has 7 N–H and O–H groups in total. The third-order valence-corrected chi connectivity index (χ3v) is 7.13. The average molecular weight is 435 g/mol. The minimum atomic E-state index is -3.47. The van der Waals surface area contributed by atoms with Crippen LogP contribution in [0.2, 0.25) is 0 Å². The van der Waals surface area contributed by atoms with Crippen LogP contribution in [0.3, 0.4) is 0 Å². The highest BCUT2D eigenvalue weighted by Gasteiger charge is 2.28. The fourth-order valence-corrected chi connectivity index (χ4v) is 5.47. The fraction of sp³-hybridized carbons (Fsp3) is 0.833. The van der Waals surface area contributed by atoms with Crippen molar-refractivity contribution in [1.82, 2.24) is 10.6 Å². The summed E-state index contributed by atoms with van der Waals surface area (Å²) in [6, 6.07) is -2.12. The number of hydrogen-bond acceptors (Lipinski definition) is 6. The summed E-state index contributed by atoms with van der Waals surface area (Å²) in [6.45, 7) is 1.14. The summed E-state index contributed by atoms with van der Waals surface area (Å²) in [5.41, 5.74) is 5.64. The van der Waals surface area contributed by atoms with Crippen molar-refractivity contribution in [3.05, 3.63) is 0 Å². The van der Waals surface area contributed by atoms with Crippen LogP contribution < -0.4 is 16.4 Å². The molecule has 1 saturated carbocycles. The Bertz CT molecular complexity index is 610. The van der Waals surface area contributed by atoms with Crippen LogP contribution in [0, 0.1) is 5.92 Å². The smallest absolute Gasteiger partial charge is 0.325 e. The average Bonchev–Trinajstić information content (AvgIpc) is 2.64. The first kappa shape index (κ1) is 25.6. The first-order valence-corrected chi connectivity index (χ1v) is 12.1. The number of aliphatic hydroxyl groups is 1. The van der Waals surface area contributed by atoms with Crippen molar-refractivity contribution >= 4 is 25.2 Å². The van der Waals surface area contributed by atoms with Gasteiger partial charge in [-0.3, -0.25) is 18.9 Å². The molecule has 10 nitrogen and oxygen atoms in total. The van der Waals surface area contributed by atoms with E-state index in [0.29, 0.717) is 0 Å². The lowest BCUT2D eigenvalue weighted by molar-refractivity contribution is -0.141. The first-order chi connectivity index (χ1) is 13.5. The van der Waals surface area contributed by atoms with Crippen molar-refractivity contribution in [2.75, 3.05) is 18.9 Å². The number of hydrogen-bond donors (Lipinski definition) is 6. The molecule has 1 aliphatic rings. The second-order valence-corrected chi connectivity index (χ2v) is 10.3. The number of rotatable bonds is 12. The van der Waals surface area contributed by atoms with Gasteiger partial charge in [0.25, 0.3) is 0 Å². The van der Waals surface area contributed by atoms with E-state index in [0.717, 1.165) is 32.1 Å². The maximum atomic E-state index is 12.3. The lowest BCUT2D eigenvalue weighted by Gasteiger charge is -2.25. The van der Waals surface area contributed by atoms with E-state index in [4.69, 9.17) is 10.8 Å². The Balaban J connectivity index is 2.27. The molecule has 29 heavy (non-hydrogen) atoms. The number of amides is 2. The Kier molecular flexibility index (Phi) is 10.8. The predicted molar refractivity (Wildman–Crippen MR) is 108 cm³/mol. The number of aliphatic carboxylic acids is 1. The molecule has 0 bridgehead atoms. The van der Waals surface area contributed by atoms with Gasteiger partial charge in [0.15, 0.2) is 0 Å². The zero-order valence-corrected chi connectivity index (χ0v) is 17.8. The zero-order valence-electron chi connectivity index (χ0n) is 16.9. The summed E-state index contributed by atoms with van der Waals surface area (Å²) in [6.07, 6.45) is 3.89. The molecule has 1 rings (SSSR count). The quantitative estimate of drug-likeness (QED) is 0.232. The third kappa shape index (κ3) is 10.7. The normalized spacial score (nSPS) is 20.1. The maximum Gasteiger partial charge on any atom is 0.325 e. The lowest BCUT2D eigenvalue weighted by atomic mass is 9.91. The molecule has 1 unspecified atom stereocenters. The van der Waals surface area contributed by atoms with Crippen LogP contribution in [0.5, 0.6) is 0 Å². The fourth-order valence-electron chi connectivity index (χ4n) is 3.36. The summed E-state index contributed by atoms with van der Waals surface area (Å²) in [4.78, 5) is 44.4. The topological polar surface area (TPSA) is 179 Å². The van der Waals surface area contributed by atoms with E-state index in [2.05, 4.69) is 10.6 Å². The standard InChI is InChI=1S/C18H34N3O7P/c1-12(18(25)26)21-17(24)15(19)7-8-16(23)20-9-14(22)11-29(27,28)10-13-5-3-2-4-6-13/h12-15,22H,2-11,19H2,1H3,(H,20,23)(H,21,24)(H,25,26)(H,27,28)/t12-,14+,15+/m0/s1. The molecular formula is C18H34N3O7P. The molecule has 168 valence electrons. The molecule has 4 atom stereocenters. The van der Waals surface area contributed by atoms with Gasteiger partial charge in [0.1, 0.15) is 6.04 Å². The minimum Gasteiger partial charge on any atom is -0.480 e. The van der Waals surface area contributed by atoms with Crippen LogP contribution in [-0.2, 0) is 18.9 Å². The van der Waals surface area contributed by atoms with Crippen molar-refractivity contribution in [2.24, 2.45) is 11.7 Å². The van der Waals surface area contributed by atoms with Crippen molar-refractivity contribution in [1.29, 1.82) is 0 Å². The monoisotopic (exact) mass is 435 g/mol. The van der Waals surface area contributed by atoms with Gasteiger partial charge in [-0.1, -0.05) is 19.3 Å². The van der Waals surface area contributed by atoms with Gasteiger partial charge < -0.3 is 31.5 Å². The van der Waals surface area contributed by atoms with Gasteiger partial charge >= 0.3 is 5.97 Å². The molecule has 1 aliphatic carbocycles. The number of nitrogens with two attached hydrogens (primary N) is 1. The molecule has 0 aromatic rings. The van der Waals surface area contributed by atoms with E-state index in [-0.39, 0.29) is 37.6 Å². The van der Waals surface area contributed by atoms with E-state index in [1.54, 1.807) is 0 Å². The third-order valence-electron chi connectivity index (χ3n) is 5.05. The molecule has 11 heteroatoms. The molecule has 0 aliphatic heterocycles. The van der Waals surface area contributed by atoms with Crippen LogP contribution in [0.15, 0.2) is 0 Å². The van der Waals surface area contributed by atoms with Gasteiger partial charge in [0.05, 0.1) is 18.3 Å². The Morgan fingerprint density at radius 1 is 1.21 bits per heavy atom. The van der Waals surface area contributed by atoms with Crippen LogP contribution in [0.25, 0.3) is 0 Å². The molecule has 2 amide bonds. The number of carboxylic acid groups (broad SMARTS) is 1. The van der Waals surface area contributed by atoms with Gasteiger partial charge in [-0.05, 0) is 32.1 Å². The molecular weight excluding hydrogens is 401 g/mol. The predicted octanol–water partition coefficient (Wildman–Crippen LogP) is 0.0110. The summed E-state index contributed by atoms with van der Waals surface area (Å²) >= 11 is 0. The highest BCUT2D eigenvalue weighted by Crippen LogP contribution is 2.45. The first-order valence-electron chi connectivity index (χ1n) is 10.0. The number of nitrogens with one attached hydrogen (secondary N) is 2. The Hall–Kier alpha value is -1.48. The lowest BCUT2D eigenvalue weighted by Crippen LogP contribution is -2.47. The van der Waals surface area contributed by atoms with Gasteiger partial charge in [0.2, 0.25) is 19.2 Å². The number of carboxylic acids is 1. The van der Waals surface area contributed by atoms with Crippen molar-refractivity contribution in [3.8, 4) is 0 Å². The van der Waals surface area contributed by atoms with Crippen LogP contribution >= 0.6 is 7.37 Å². The Labute approximate surface area is 171 Å². The highest BCUT2D eigenvalue weighted by atomic mass is 31.2. The largest absolute Gasteiger partial charge is 0.480 e. The second-order valence-electron chi connectivity index (χ2n) is 7.89. The van der Waals surface area contributed by atoms with Crippen LogP contribution in [0.4, 0.5) is 0 Å². The van der Waals surface area contributed by atoms with Crippen LogP contribution in [-0.4, -0.2) is 69.9 Å². The number of carbonyl (C=O) groups is 3. The molecule has 0 aromatic heterocycles. The van der Waals surface area contributed by atoms with Crippen LogP contribution in [0.1, 0.15) is 51.9 Å². The highest BCUT2D eigenvalue weighted by molar-refractivity contribution is 7.58. The van der Waals surface area contributed by atoms with Crippen molar-refractivity contribution in [3.63, 3.8) is 0 Å². The zero-order chi connectivity index (χ0) is 22.0. The summed E-state index contributed by atoms with van der Waals surface area (Å²) in [7, 11) is -3.47. The van der Waals surface area contributed by atoms with E-state index in [9.17, 15) is 28.9 Å². The Morgan fingerprint density at radius 3 is 2.41 bits per heavy atom. The van der Waals surface area contributed by atoms with Gasteiger partial charge in [-0.2, -0.15) is 0 Å². The van der Waals surface area contributed by atoms with E-state index in [1.807, 2.05) is 0 Å².